The normalized spacial score (nSPS) is 12.3. The van der Waals surface area contributed by atoms with Gasteiger partial charge in [0.1, 0.15) is 43.6 Å². The van der Waals surface area contributed by atoms with Gasteiger partial charge in [-0.3, -0.25) is 19.4 Å². The molecule has 0 fully saturated rings. The van der Waals surface area contributed by atoms with E-state index in [4.69, 9.17) is 71.1 Å². The molecule has 1 atom stereocenters. The van der Waals surface area contributed by atoms with Gasteiger partial charge in [0.25, 0.3) is 0 Å². The first kappa shape index (κ1) is 91.5. The average Bonchev–Trinajstić information content (AvgIpc) is 2.35. The SMILES string of the molecule is CCCCCCCC/C=C\CCCCCCCCOCC(COCCOCCOCCOCCOCCOCCOCCOCCOC(=O)CN(CCOC(=O)CN(CCOC)C(=O)OC(C)(C)C)C(=O)OC(C)(C)C)OCCCCCCCC/C=C\CCCCCCCC. The van der Waals surface area contributed by atoms with Crippen LogP contribution >= 0.6 is 0 Å². The minimum Gasteiger partial charge on any atom is -0.462 e. The van der Waals surface area contributed by atoms with E-state index in [1.165, 1.54) is 174 Å². The molecule has 0 aliphatic heterocycles. The maximum absolute atomic E-state index is 12.9. The molecule has 0 aliphatic carbocycles. The number of rotatable bonds is 71. The number of esters is 2. The zero-order valence-electron chi connectivity index (χ0n) is 61.7. The Morgan fingerprint density at radius 2 is 0.611 bits per heavy atom. The summed E-state index contributed by atoms with van der Waals surface area (Å²) in [5, 5.41) is 0. The van der Waals surface area contributed by atoms with Crippen LogP contribution in [0.25, 0.3) is 0 Å². The first-order chi connectivity index (χ1) is 46.1. The van der Waals surface area contributed by atoms with Crippen LogP contribution in [-0.2, 0) is 80.6 Å². The molecule has 0 rings (SSSR count). The summed E-state index contributed by atoms with van der Waals surface area (Å²) in [6, 6.07) is 0. The zero-order valence-corrected chi connectivity index (χ0v) is 61.7. The van der Waals surface area contributed by atoms with Crippen molar-refractivity contribution in [3.63, 3.8) is 0 Å². The van der Waals surface area contributed by atoms with Gasteiger partial charge in [-0.05, 0) is 106 Å². The second kappa shape index (κ2) is 69.0. The lowest BCUT2D eigenvalue weighted by Gasteiger charge is -2.27. The van der Waals surface area contributed by atoms with Gasteiger partial charge in [0.05, 0.1) is 125 Å². The van der Waals surface area contributed by atoms with Gasteiger partial charge in [-0.25, -0.2) is 9.59 Å². The van der Waals surface area contributed by atoms with E-state index >= 15 is 0 Å². The molecule has 560 valence electrons. The Labute approximate surface area is 577 Å². The van der Waals surface area contributed by atoms with Crippen molar-refractivity contribution in [2.75, 3.05) is 179 Å². The Kier molecular flexibility index (Phi) is 66.5. The highest BCUT2D eigenvalue weighted by atomic mass is 16.6. The molecule has 0 spiro atoms. The van der Waals surface area contributed by atoms with Gasteiger partial charge in [-0.2, -0.15) is 0 Å². The van der Waals surface area contributed by atoms with Gasteiger partial charge in [0.15, 0.2) is 0 Å². The van der Waals surface area contributed by atoms with Crippen LogP contribution in [0.1, 0.15) is 235 Å². The summed E-state index contributed by atoms with van der Waals surface area (Å²) in [6.07, 6.45) is 44.2. The second-order valence-electron chi connectivity index (χ2n) is 26.0. The van der Waals surface area contributed by atoms with Crippen LogP contribution in [0.4, 0.5) is 9.59 Å². The zero-order chi connectivity index (χ0) is 69.7. The summed E-state index contributed by atoms with van der Waals surface area (Å²) >= 11 is 0. The second-order valence-corrected chi connectivity index (χ2v) is 26.0. The standard InChI is InChI=1S/C74H140N2O19/c1-10-12-14-16-18-20-22-24-26-28-30-32-34-36-38-40-44-89-66-68(91-45-41-39-37-35-33-31-29-27-25-23-21-19-17-15-13-11-2)67-90-61-60-87-57-56-85-53-52-83-49-48-82-50-51-84-54-55-86-58-59-88-62-63-93-70(78)65-76(72(80)95-74(6,7)8)43-47-92-69(77)64-75(42-46-81-9)71(79)94-73(3,4)5/h24-27,68H,10-23,28-67H2,1-9H3/b26-24-,27-25-. The quantitative estimate of drug-likeness (QED) is 0.0240. The lowest BCUT2D eigenvalue weighted by Crippen LogP contribution is -2.43. The van der Waals surface area contributed by atoms with Crippen molar-refractivity contribution in [1.29, 1.82) is 0 Å². The third-order valence-corrected chi connectivity index (χ3v) is 14.6. The van der Waals surface area contributed by atoms with Gasteiger partial charge in [0.2, 0.25) is 0 Å². The molecule has 0 radical (unpaired) electrons. The summed E-state index contributed by atoms with van der Waals surface area (Å²) in [7, 11) is 1.47. The molecular weight excluding hydrogens is 1220 g/mol. The Bertz CT molecular complexity index is 1760. The largest absolute Gasteiger partial charge is 0.462 e. The van der Waals surface area contributed by atoms with E-state index in [-0.39, 0.29) is 52.2 Å². The number of allylic oxidation sites excluding steroid dienone is 4. The minimum atomic E-state index is -0.848. The van der Waals surface area contributed by atoms with Gasteiger partial charge in [-0.1, -0.05) is 154 Å². The van der Waals surface area contributed by atoms with Crippen LogP contribution in [0.5, 0.6) is 0 Å². The third-order valence-electron chi connectivity index (χ3n) is 14.6. The maximum Gasteiger partial charge on any atom is 0.410 e. The van der Waals surface area contributed by atoms with Crippen molar-refractivity contribution in [2.45, 2.75) is 252 Å². The van der Waals surface area contributed by atoms with Crippen molar-refractivity contribution >= 4 is 24.1 Å². The lowest BCUT2D eigenvalue weighted by atomic mass is 10.1. The lowest BCUT2D eigenvalue weighted by molar-refractivity contribution is -0.147. The number of carbonyl (C=O) groups excluding carboxylic acids is 4. The fraction of sp³-hybridized carbons (Fsp3) is 0.892. The maximum atomic E-state index is 12.9. The van der Waals surface area contributed by atoms with Crippen molar-refractivity contribution < 1.29 is 90.2 Å². The predicted octanol–water partition coefficient (Wildman–Crippen LogP) is 14.8. The van der Waals surface area contributed by atoms with Crippen LogP contribution in [0, 0.1) is 0 Å². The minimum absolute atomic E-state index is 0.0568. The van der Waals surface area contributed by atoms with E-state index in [0.29, 0.717) is 99.1 Å². The molecule has 1 unspecified atom stereocenters. The van der Waals surface area contributed by atoms with E-state index in [1.807, 2.05) is 0 Å². The first-order valence-corrected chi connectivity index (χ1v) is 37.0. The van der Waals surface area contributed by atoms with E-state index in [9.17, 15) is 19.2 Å². The molecule has 0 aliphatic rings. The molecule has 2 amide bonds. The van der Waals surface area contributed by atoms with Gasteiger partial charge < -0.3 is 71.1 Å². The number of amides is 2. The molecule has 0 aromatic heterocycles. The van der Waals surface area contributed by atoms with Crippen LogP contribution in [-0.4, -0.2) is 230 Å². The third kappa shape index (κ3) is 70.2. The number of nitrogens with zero attached hydrogens (tertiary/aromatic N) is 2. The molecule has 0 saturated carbocycles. The molecule has 0 bridgehead atoms. The number of hydrogen-bond donors (Lipinski definition) is 0. The molecule has 21 heteroatoms. The molecule has 0 saturated heterocycles. The van der Waals surface area contributed by atoms with Crippen molar-refractivity contribution in [1.82, 2.24) is 9.80 Å². The highest BCUT2D eigenvalue weighted by Crippen LogP contribution is 2.15. The van der Waals surface area contributed by atoms with Gasteiger partial charge in [-0.15, -0.1) is 0 Å². The molecular formula is C74H140N2O19. The monoisotopic (exact) mass is 1360 g/mol. The molecule has 21 nitrogen and oxygen atoms in total. The van der Waals surface area contributed by atoms with E-state index < -0.39 is 48.4 Å². The summed E-state index contributed by atoms with van der Waals surface area (Å²) < 4.78 is 84.1. The number of carbonyl (C=O) groups is 4. The highest BCUT2D eigenvalue weighted by Gasteiger charge is 2.27. The predicted molar refractivity (Wildman–Crippen MR) is 375 cm³/mol. The molecule has 0 aromatic carbocycles. The van der Waals surface area contributed by atoms with Crippen LogP contribution in [0.2, 0.25) is 0 Å². The number of hydrogen-bond acceptors (Lipinski definition) is 19. The van der Waals surface area contributed by atoms with Gasteiger partial charge in [0, 0.05) is 26.9 Å². The number of unbranched alkanes of at least 4 members (excludes halogenated alkanes) is 24. The van der Waals surface area contributed by atoms with E-state index in [0.717, 1.165) is 35.9 Å². The van der Waals surface area contributed by atoms with E-state index in [2.05, 4.69) is 38.2 Å². The Morgan fingerprint density at radius 3 is 0.958 bits per heavy atom. The van der Waals surface area contributed by atoms with E-state index in [1.54, 1.807) is 41.5 Å². The Balaban J connectivity index is 4.15. The van der Waals surface area contributed by atoms with Crippen molar-refractivity contribution in [2.24, 2.45) is 0 Å². The molecule has 95 heavy (non-hydrogen) atoms. The average molecular weight is 1360 g/mol. The topological polar surface area (TPSA) is 213 Å². The molecule has 0 heterocycles. The first-order valence-electron chi connectivity index (χ1n) is 37.0. The smallest absolute Gasteiger partial charge is 0.410 e. The molecule has 0 N–H and O–H groups in total. The van der Waals surface area contributed by atoms with Crippen molar-refractivity contribution in [3.8, 4) is 0 Å². The van der Waals surface area contributed by atoms with Crippen LogP contribution in [0.3, 0.4) is 0 Å². The summed E-state index contributed by atoms with van der Waals surface area (Å²) in [6.45, 7) is 22.3. The number of methoxy groups -OCH3 is 1. The van der Waals surface area contributed by atoms with Crippen molar-refractivity contribution in [3.05, 3.63) is 24.3 Å². The van der Waals surface area contributed by atoms with Gasteiger partial charge >= 0.3 is 24.1 Å². The van der Waals surface area contributed by atoms with Crippen LogP contribution in [0.15, 0.2) is 24.3 Å². The highest BCUT2D eigenvalue weighted by molar-refractivity contribution is 5.79. The fourth-order valence-electron chi connectivity index (χ4n) is 9.38. The number of ether oxygens (including phenoxy) is 15. The Morgan fingerprint density at radius 1 is 0.326 bits per heavy atom. The van der Waals surface area contributed by atoms with Crippen LogP contribution < -0.4 is 0 Å². The summed E-state index contributed by atoms with van der Waals surface area (Å²) in [5.41, 5.74) is -1.62. The summed E-state index contributed by atoms with van der Waals surface area (Å²) in [5.74, 6) is -1.44. The molecule has 0 aromatic rings. The fourth-order valence-corrected chi connectivity index (χ4v) is 9.38. The summed E-state index contributed by atoms with van der Waals surface area (Å²) in [4.78, 5) is 53.1. The Hall–Kier alpha value is -3.48.